The van der Waals surface area contributed by atoms with Crippen LogP contribution in [0.1, 0.15) is 35.2 Å². The quantitative estimate of drug-likeness (QED) is 0.834. The summed E-state index contributed by atoms with van der Waals surface area (Å²) >= 11 is 0. The van der Waals surface area contributed by atoms with Gasteiger partial charge >= 0.3 is 0 Å². The number of likely N-dealkylation sites (tertiary alicyclic amines) is 1. The summed E-state index contributed by atoms with van der Waals surface area (Å²) in [5, 5.41) is 4.18. The van der Waals surface area contributed by atoms with E-state index in [-0.39, 0.29) is 11.8 Å². The van der Waals surface area contributed by atoms with Gasteiger partial charge in [-0.3, -0.25) is 14.3 Å². The molecule has 6 heteroatoms. The number of nitrogens with zero attached hydrogens (tertiary/aromatic N) is 4. The summed E-state index contributed by atoms with van der Waals surface area (Å²) in [4.78, 5) is 29.9. The predicted molar refractivity (Wildman–Crippen MR) is 98.9 cm³/mol. The van der Waals surface area contributed by atoms with Gasteiger partial charge in [-0.05, 0) is 37.8 Å². The number of anilines is 1. The van der Waals surface area contributed by atoms with Gasteiger partial charge in [-0.2, -0.15) is 5.10 Å². The topological polar surface area (TPSA) is 58.4 Å². The van der Waals surface area contributed by atoms with Crippen LogP contribution in [0.25, 0.3) is 0 Å². The van der Waals surface area contributed by atoms with Gasteiger partial charge in [-0.1, -0.05) is 18.2 Å². The lowest BCUT2D eigenvalue weighted by atomic mass is 9.78. The van der Waals surface area contributed by atoms with Crippen molar-refractivity contribution in [1.82, 2.24) is 14.7 Å². The van der Waals surface area contributed by atoms with E-state index < -0.39 is 5.41 Å². The summed E-state index contributed by atoms with van der Waals surface area (Å²) < 4.78 is 1.71. The van der Waals surface area contributed by atoms with Crippen LogP contribution < -0.4 is 4.90 Å². The molecule has 1 atom stereocenters. The third kappa shape index (κ3) is 2.69. The number of amides is 2. The van der Waals surface area contributed by atoms with E-state index >= 15 is 0 Å². The van der Waals surface area contributed by atoms with Gasteiger partial charge in [0.1, 0.15) is 0 Å². The van der Waals surface area contributed by atoms with Crippen molar-refractivity contribution in [1.29, 1.82) is 0 Å². The zero-order valence-corrected chi connectivity index (χ0v) is 15.3. The number of hydrogen-bond donors (Lipinski definition) is 0. The molecule has 2 aliphatic heterocycles. The Kier molecular flexibility index (Phi) is 4.05. The molecule has 2 aliphatic rings. The molecular weight excluding hydrogens is 328 g/mol. The van der Waals surface area contributed by atoms with Gasteiger partial charge in [0.05, 0.1) is 17.3 Å². The molecule has 136 valence electrons. The minimum absolute atomic E-state index is 0.0369. The smallest absolute Gasteiger partial charge is 0.254 e. The van der Waals surface area contributed by atoms with Gasteiger partial charge in [-0.25, -0.2) is 0 Å². The third-order valence-electron chi connectivity index (χ3n) is 5.76. The number of rotatable bonds is 2. The lowest BCUT2D eigenvalue weighted by Crippen LogP contribution is -2.50. The monoisotopic (exact) mass is 352 g/mol. The second-order valence-corrected chi connectivity index (χ2v) is 7.50. The lowest BCUT2D eigenvalue weighted by molar-refractivity contribution is -0.127. The molecule has 2 aromatic rings. The largest absolute Gasteiger partial charge is 0.338 e. The second kappa shape index (κ2) is 6.27. The maximum Gasteiger partial charge on any atom is 0.254 e. The van der Waals surface area contributed by atoms with Crippen LogP contribution in [0, 0.1) is 12.3 Å². The maximum absolute atomic E-state index is 13.2. The summed E-state index contributed by atoms with van der Waals surface area (Å²) in [5.74, 6) is 0.169. The molecule has 1 aromatic heterocycles. The van der Waals surface area contributed by atoms with Gasteiger partial charge in [0.15, 0.2) is 0 Å². The Hall–Kier alpha value is -2.63. The average Bonchev–Trinajstić information content (AvgIpc) is 3.19. The first-order valence-electron chi connectivity index (χ1n) is 9.16. The van der Waals surface area contributed by atoms with E-state index in [1.165, 1.54) is 0 Å². The molecule has 0 radical (unpaired) electrons. The van der Waals surface area contributed by atoms with Crippen molar-refractivity contribution < 1.29 is 9.59 Å². The van der Waals surface area contributed by atoms with E-state index in [1.807, 2.05) is 54.2 Å². The number of aryl methyl sites for hydroxylation is 2. The summed E-state index contributed by atoms with van der Waals surface area (Å²) in [6.45, 7) is 3.87. The van der Waals surface area contributed by atoms with Crippen molar-refractivity contribution in [2.75, 3.05) is 24.5 Å². The molecule has 0 saturated carbocycles. The van der Waals surface area contributed by atoms with Crippen LogP contribution in [-0.4, -0.2) is 46.1 Å². The van der Waals surface area contributed by atoms with Crippen molar-refractivity contribution >= 4 is 17.5 Å². The molecule has 6 nitrogen and oxygen atoms in total. The zero-order chi connectivity index (χ0) is 18.3. The zero-order valence-electron chi connectivity index (χ0n) is 15.3. The van der Waals surface area contributed by atoms with Crippen molar-refractivity contribution in [2.24, 2.45) is 12.5 Å². The van der Waals surface area contributed by atoms with Crippen LogP contribution in [0.4, 0.5) is 5.69 Å². The molecule has 1 spiro atoms. The molecule has 0 unspecified atom stereocenters. The highest BCUT2D eigenvalue weighted by Crippen LogP contribution is 2.42. The van der Waals surface area contributed by atoms with E-state index in [0.717, 1.165) is 42.6 Å². The molecule has 0 bridgehead atoms. The van der Waals surface area contributed by atoms with E-state index in [4.69, 9.17) is 0 Å². The normalized spacial score (nSPS) is 23.1. The number of aromatic nitrogens is 2. The van der Waals surface area contributed by atoms with Crippen LogP contribution in [-0.2, 0) is 11.8 Å². The van der Waals surface area contributed by atoms with Gasteiger partial charge in [0.25, 0.3) is 5.91 Å². The molecule has 0 aliphatic carbocycles. The molecule has 26 heavy (non-hydrogen) atoms. The van der Waals surface area contributed by atoms with E-state index in [9.17, 15) is 9.59 Å². The second-order valence-electron chi connectivity index (χ2n) is 7.50. The summed E-state index contributed by atoms with van der Waals surface area (Å²) in [5.41, 5.74) is 2.11. The molecular formula is C20H24N4O2. The Morgan fingerprint density at radius 1 is 1.19 bits per heavy atom. The van der Waals surface area contributed by atoms with Gasteiger partial charge in [0, 0.05) is 38.4 Å². The predicted octanol–water partition coefficient (Wildman–Crippen LogP) is 2.39. The number of piperidine rings is 1. The van der Waals surface area contributed by atoms with Crippen LogP contribution in [0.2, 0.25) is 0 Å². The standard InChI is InChI=1S/C20H24N4O2/c1-15-6-3-4-7-17(15)18(25)23-10-5-8-20(14-23)9-11-24(19(20)26)16-12-21-22(2)13-16/h3-4,6-7,12-13H,5,8-11,14H2,1-2H3/t20-/m1/s1. The molecule has 1 aromatic carbocycles. The average molecular weight is 352 g/mol. The lowest BCUT2D eigenvalue weighted by Gasteiger charge is -2.39. The molecule has 2 amide bonds. The van der Waals surface area contributed by atoms with E-state index in [1.54, 1.807) is 10.9 Å². The van der Waals surface area contributed by atoms with Crippen LogP contribution in [0.5, 0.6) is 0 Å². The van der Waals surface area contributed by atoms with Crippen molar-refractivity contribution in [3.8, 4) is 0 Å². The fraction of sp³-hybridized carbons (Fsp3) is 0.450. The molecule has 0 N–H and O–H groups in total. The number of benzene rings is 1. The Morgan fingerprint density at radius 3 is 2.73 bits per heavy atom. The molecule has 2 saturated heterocycles. The highest BCUT2D eigenvalue weighted by atomic mass is 16.2. The Bertz CT molecular complexity index is 859. The maximum atomic E-state index is 13.2. The minimum Gasteiger partial charge on any atom is -0.338 e. The van der Waals surface area contributed by atoms with Crippen LogP contribution >= 0.6 is 0 Å². The van der Waals surface area contributed by atoms with Crippen molar-refractivity contribution in [3.63, 3.8) is 0 Å². The molecule has 2 fully saturated rings. The highest BCUT2D eigenvalue weighted by Gasteiger charge is 2.50. The third-order valence-corrected chi connectivity index (χ3v) is 5.76. The highest BCUT2D eigenvalue weighted by molar-refractivity contribution is 6.01. The molecule has 3 heterocycles. The number of carbonyl (C=O) groups excluding carboxylic acids is 2. The van der Waals surface area contributed by atoms with Crippen LogP contribution in [0.15, 0.2) is 36.7 Å². The van der Waals surface area contributed by atoms with Crippen molar-refractivity contribution in [2.45, 2.75) is 26.2 Å². The van der Waals surface area contributed by atoms with Crippen LogP contribution in [0.3, 0.4) is 0 Å². The SMILES string of the molecule is Cc1ccccc1C(=O)N1CCC[C@@]2(CCN(c3cnn(C)c3)C2=O)C1. The number of carbonyl (C=O) groups is 2. The first-order chi connectivity index (χ1) is 12.5. The summed E-state index contributed by atoms with van der Waals surface area (Å²) in [7, 11) is 1.85. The molecule has 4 rings (SSSR count). The van der Waals surface area contributed by atoms with Gasteiger partial charge in [-0.15, -0.1) is 0 Å². The first-order valence-corrected chi connectivity index (χ1v) is 9.16. The number of hydrogen-bond acceptors (Lipinski definition) is 3. The summed E-state index contributed by atoms with van der Waals surface area (Å²) in [6.07, 6.45) is 6.11. The Balaban J connectivity index is 1.56. The Morgan fingerprint density at radius 2 is 2.00 bits per heavy atom. The van der Waals surface area contributed by atoms with Gasteiger partial charge < -0.3 is 9.80 Å². The summed E-state index contributed by atoms with van der Waals surface area (Å²) in [6, 6.07) is 7.66. The minimum atomic E-state index is -0.452. The van der Waals surface area contributed by atoms with Crippen molar-refractivity contribution in [3.05, 3.63) is 47.8 Å². The Labute approximate surface area is 153 Å². The van der Waals surface area contributed by atoms with Gasteiger partial charge in [0.2, 0.25) is 5.91 Å². The van der Waals surface area contributed by atoms with E-state index in [0.29, 0.717) is 13.1 Å². The first kappa shape index (κ1) is 16.8. The van der Waals surface area contributed by atoms with E-state index in [2.05, 4.69) is 5.10 Å². The fourth-order valence-corrected chi connectivity index (χ4v) is 4.28. The fourth-order valence-electron chi connectivity index (χ4n) is 4.28.